The van der Waals surface area contributed by atoms with Crippen LogP contribution in [-0.2, 0) is 5.41 Å². The molecule has 2 aromatic rings. The second-order valence-electron chi connectivity index (χ2n) is 7.17. The van der Waals surface area contributed by atoms with Crippen LogP contribution >= 0.6 is 0 Å². The molecule has 5 heteroatoms. The average molecular weight is 354 g/mol. The van der Waals surface area contributed by atoms with Crippen LogP contribution in [0.1, 0.15) is 50.3 Å². The van der Waals surface area contributed by atoms with E-state index in [0.717, 1.165) is 30.4 Å². The molecule has 1 heterocycles. The third kappa shape index (κ3) is 4.26. The van der Waals surface area contributed by atoms with Gasteiger partial charge in [-0.25, -0.2) is 4.98 Å². The lowest BCUT2D eigenvalue weighted by Crippen LogP contribution is -2.36. The molecule has 140 valence electrons. The minimum Gasteiger partial charge on any atom is -0.497 e. The van der Waals surface area contributed by atoms with Gasteiger partial charge < -0.3 is 15.4 Å². The minimum absolute atomic E-state index is 0.154. The molecule has 1 aromatic carbocycles. The molecule has 5 nitrogen and oxygen atoms in total. The van der Waals surface area contributed by atoms with Crippen LogP contribution in [0.2, 0.25) is 0 Å². The number of methoxy groups -OCH3 is 1. The summed E-state index contributed by atoms with van der Waals surface area (Å²) in [5, 5.41) is 6.80. The molecule has 1 saturated carbocycles. The Labute approximate surface area is 156 Å². The lowest BCUT2D eigenvalue weighted by molar-refractivity contribution is 0.307. The third-order valence-corrected chi connectivity index (χ3v) is 5.31. The van der Waals surface area contributed by atoms with E-state index in [1.807, 2.05) is 13.0 Å². The van der Waals surface area contributed by atoms with Gasteiger partial charge >= 0.3 is 0 Å². The summed E-state index contributed by atoms with van der Waals surface area (Å²) < 4.78 is 5.33. The first-order valence-corrected chi connectivity index (χ1v) is 9.63. The van der Waals surface area contributed by atoms with Crippen molar-refractivity contribution in [1.29, 1.82) is 0 Å². The van der Waals surface area contributed by atoms with Crippen molar-refractivity contribution < 1.29 is 4.74 Å². The number of ether oxygens (including phenoxy) is 1. The Bertz CT molecular complexity index is 708. The summed E-state index contributed by atoms with van der Waals surface area (Å²) in [6.07, 6.45) is 6.29. The maximum atomic E-state index is 5.33. The van der Waals surface area contributed by atoms with Crippen LogP contribution in [0.25, 0.3) is 0 Å². The molecule has 1 fully saturated rings. The van der Waals surface area contributed by atoms with E-state index < -0.39 is 0 Å². The molecule has 2 N–H and O–H groups in total. The molecule has 3 rings (SSSR count). The van der Waals surface area contributed by atoms with Gasteiger partial charge in [0.05, 0.1) is 7.11 Å². The smallest absolute Gasteiger partial charge is 0.224 e. The maximum Gasteiger partial charge on any atom is 0.224 e. The number of hydrogen-bond acceptors (Lipinski definition) is 5. The monoisotopic (exact) mass is 354 g/mol. The van der Waals surface area contributed by atoms with Crippen molar-refractivity contribution in [3.05, 3.63) is 41.6 Å². The minimum atomic E-state index is 0.154. The quantitative estimate of drug-likeness (QED) is 0.764. The fourth-order valence-corrected chi connectivity index (χ4v) is 3.90. The number of nitrogens with one attached hydrogen (secondary N) is 2. The molecule has 0 amide bonds. The van der Waals surface area contributed by atoms with Crippen molar-refractivity contribution in [3.63, 3.8) is 0 Å². The summed E-state index contributed by atoms with van der Waals surface area (Å²) >= 11 is 0. The number of aryl methyl sites for hydroxylation is 1. The summed E-state index contributed by atoms with van der Waals surface area (Å²) in [4.78, 5) is 9.04. The molecule has 1 aliphatic rings. The Kier molecular flexibility index (Phi) is 5.96. The lowest BCUT2D eigenvalue weighted by atomic mass is 9.69. The van der Waals surface area contributed by atoms with Gasteiger partial charge in [0, 0.05) is 30.3 Å². The molecule has 26 heavy (non-hydrogen) atoms. The van der Waals surface area contributed by atoms with E-state index in [4.69, 9.17) is 4.74 Å². The van der Waals surface area contributed by atoms with Crippen LogP contribution in [0, 0.1) is 6.92 Å². The summed E-state index contributed by atoms with van der Waals surface area (Å²) in [6, 6.07) is 10.6. The highest BCUT2D eigenvalue weighted by atomic mass is 16.5. The fourth-order valence-electron chi connectivity index (χ4n) is 3.90. The predicted octanol–water partition coefficient (Wildman–Crippen LogP) is 4.54. The van der Waals surface area contributed by atoms with Crippen molar-refractivity contribution >= 4 is 11.8 Å². The van der Waals surface area contributed by atoms with Gasteiger partial charge in [0.1, 0.15) is 11.6 Å². The Hall–Kier alpha value is -2.30. The van der Waals surface area contributed by atoms with Crippen molar-refractivity contribution in [2.45, 2.75) is 51.4 Å². The fraction of sp³-hybridized carbons (Fsp3) is 0.524. The van der Waals surface area contributed by atoms with Crippen LogP contribution in [0.3, 0.4) is 0 Å². The SMILES string of the molecule is CCNc1nc(C)cc(NCC2(c3ccc(OC)cc3)CCCCC2)n1. The number of nitrogens with zero attached hydrogens (tertiary/aromatic N) is 2. The zero-order valence-corrected chi connectivity index (χ0v) is 16.1. The molecular weight excluding hydrogens is 324 g/mol. The third-order valence-electron chi connectivity index (χ3n) is 5.31. The predicted molar refractivity (Wildman–Crippen MR) is 107 cm³/mol. The van der Waals surface area contributed by atoms with Gasteiger partial charge in [-0.15, -0.1) is 0 Å². The zero-order valence-electron chi connectivity index (χ0n) is 16.1. The Morgan fingerprint density at radius 2 is 1.77 bits per heavy atom. The summed E-state index contributed by atoms with van der Waals surface area (Å²) in [7, 11) is 1.71. The number of hydrogen-bond donors (Lipinski definition) is 2. The molecule has 0 spiro atoms. The van der Waals surface area contributed by atoms with Gasteiger partial charge in [0.25, 0.3) is 0 Å². The second kappa shape index (κ2) is 8.39. The molecular formula is C21H30N4O. The lowest BCUT2D eigenvalue weighted by Gasteiger charge is -2.38. The first-order valence-electron chi connectivity index (χ1n) is 9.63. The Balaban J connectivity index is 1.80. The highest BCUT2D eigenvalue weighted by molar-refractivity contribution is 5.44. The first kappa shape index (κ1) is 18.5. The summed E-state index contributed by atoms with van der Waals surface area (Å²) in [5.74, 6) is 2.50. The number of rotatable bonds is 7. The van der Waals surface area contributed by atoms with E-state index in [9.17, 15) is 0 Å². The molecule has 0 aliphatic heterocycles. The largest absolute Gasteiger partial charge is 0.497 e. The first-order chi connectivity index (χ1) is 12.6. The molecule has 0 radical (unpaired) electrons. The maximum absolute atomic E-state index is 5.33. The Morgan fingerprint density at radius 1 is 1.04 bits per heavy atom. The molecule has 1 aliphatic carbocycles. The van der Waals surface area contributed by atoms with Crippen LogP contribution < -0.4 is 15.4 Å². The highest BCUT2D eigenvalue weighted by Gasteiger charge is 2.33. The number of benzene rings is 1. The van der Waals surface area contributed by atoms with E-state index >= 15 is 0 Å². The van der Waals surface area contributed by atoms with Gasteiger partial charge in [-0.1, -0.05) is 31.4 Å². The highest BCUT2D eigenvalue weighted by Crippen LogP contribution is 2.40. The second-order valence-corrected chi connectivity index (χ2v) is 7.17. The normalized spacial score (nSPS) is 16.1. The number of anilines is 2. The molecule has 1 aromatic heterocycles. The van der Waals surface area contributed by atoms with E-state index in [0.29, 0.717) is 5.95 Å². The Morgan fingerprint density at radius 3 is 2.42 bits per heavy atom. The van der Waals surface area contributed by atoms with E-state index in [1.165, 1.54) is 37.7 Å². The van der Waals surface area contributed by atoms with Crippen LogP contribution in [0.15, 0.2) is 30.3 Å². The van der Waals surface area contributed by atoms with Gasteiger partial charge in [0.15, 0.2) is 0 Å². The van der Waals surface area contributed by atoms with E-state index in [2.05, 4.69) is 51.8 Å². The molecule has 0 atom stereocenters. The van der Waals surface area contributed by atoms with Crippen LogP contribution in [0.5, 0.6) is 5.75 Å². The summed E-state index contributed by atoms with van der Waals surface area (Å²) in [5.41, 5.74) is 2.52. The van der Waals surface area contributed by atoms with Crippen molar-refractivity contribution in [2.75, 3.05) is 30.8 Å². The molecule has 0 unspecified atom stereocenters. The average Bonchev–Trinajstić information content (AvgIpc) is 2.67. The van der Waals surface area contributed by atoms with Gasteiger partial charge in [-0.2, -0.15) is 4.98 Å². The van der Waals surface area contributed by atoms with Crippen molar-refractivity contribution in [3.8, 4) is 5.75 Å². The van der Waals surface area contributed by atoms with Crippen molar-refractivity contribution in [2.24, 2.45) is 0 Å². The summed E-state index contributed by atoms with van der Waals surface area (Å²) in [6.45, 7) is 5.77. The van der Waals surface area contributed by atoms with Crippen LogP contribution in [0.4, 0.5) is 11.8 Å². The molecule has 0 saturated heterocycles. The van der Waals surface area contributed by atoms with E-state index in [1.54, 1.807) is 7.11 Å². The topological polar surface area (TPSA) is 59.1 Å². The van der Waals surface area contributed by atoms with E-state index in [-0.39, 0.29) is 5.41 Å². The van der Waals surface area contributed by atoms with Gasteiger partial charge in [-0.05, 0) is 44.4 Å². The standard InChI is InChI=1S/C21H30N4O/c1-4-22-20-24-16(2)14-19(25-20)23-15-21(12-6-5-7-13-21)17-8-10-18(26-3)11-9-17/h8-11,14H,4-7,12-13,15H2,1-3H3,(H2,22,23,24,25). The number of aromatic nitrogens is 2. The zero-order chi connectivity index (χ0) is 18.4. The van der Waals surface area contributed by atoms with Crippen LogP contribution in [-0.4, -0.2) is 30.2 Å². The molecule has 0 bridgehead atoms. The van der Waals surface area contributed by atoms with Gasteiger partial charge in [-0.3, -0.25) is 0 Å². The van der Waals surface area contributed by atoms with Gasteiger partial charge in [0.2, 0.25) is 5.95 Å². The van der Waals surface area contributed by atoms with Crippen molar-refractivity contribution in [1.82, 2.24) is 9.97 Å².